The number of halogens is 7. The highest BCUT2D eigenvalue weighted by Gasteiger charge is 2.37. The number of rotatable bonds is 6. The minimum Gasteiger partial charge on any atom is -0.368 e. The molecule has 0 fully saturated rings. The lowest BCUT2D eigenvalue weighted by molar-refractivity contribution is -0.143. The van der Waals surface area contributed by atoms with Crippen LogP contribution in [0.25, 0.3) is 0 Å². The van der Waals surface area contributed by atoms with E-state index < -0.39 is 53.3 Å². The number of primary amides is 1. The molecule has 0 heterocycles. The van der Waals surface area contributed by atoms with Crippen LogP contribution >= 0.6 is 15.9 Å². The Morgan fingerprint density at radius 1 is 0.967 bits per heavy atom. The molecule has 1 atom stereocenters. The average Bonchev–Trinajstić information content (AvgIpc) is 2.61. The topological polar surface area (TPSA) is 72.2 Å². The monoisotopic (exact) mass is 496 g/mol. The molecule has 30 heavy (non-hydrogen) atoms. The molecule has 0 saturated carbocycles. The second-order valence-corrected chi connectivity index (χ2v) is 7.26. The molecule has 11 heteroatoms. The fraction of sp³-hybridized carbons (Fsp3) is 0.263. The molecule has 0 radical (unpaired) electrons. The van der Waals surface area contributed by atoms with Gasteiger partial charge in [0.2, 0.25) is 11.8 Å². The molecule has 0 aliphatic carbocycles. The lowest BCUT2D eigenvalue weighted by atomic mass is 10.0. The van der Waals surface area contributed by atoms with Crippen molar-refractivity contribution in [1.29, 1.82) is 0 Å². The van der Waals surface area contributed by atoms with Crippen LogP contribution in [0.2, 0.25) is 0 Å². The largest absolute Gasteiger partial charge is 0.416 e. The molecule has 162 valence electrons. The molecule has 2 amide bonds. The number of carbonyl (C=O) groups is 2. The first-order valence-corrected chi connectivity index (χ1v) is 9.17. The van der Waals surface area contributed by atoms with E-state index in [0.29, 0.717) is 22.2 Å². The second kappa shape index (κ2) is 9.07. The first-order chi connectivity index (χ1) is 13.8. The van der Waals surface area contributed by atoms with E-state index in [4.69, 9.17) is 5.73 Å². The third-order valence-corrected chi connectivity index (χ3v) is 4.85. The van der Waals surface area contributed by atoms with E-state index in [0.717, 1.165) is 0 Å². The summed E-state index contributed by atoms with van der Waals surface area (Å²) in [7, 11) is 0. The lowest BCUT2D eigenvalue weighted by Gasteiger charge is -2.17. The van der Waals surface area contributed by atoms with Crippen molar-refractivity contribution in [2.24, 2.45) is 5.73 Å². The van der Waals surface area contributed by atoms with Gasteiger partial charge in [0, 0.05) is 10.9 Å². The predicted octanol–water partition coefficient (Wildman–Crippen LogP) is 4.24. The number of alkyl halides is 6. The molecule has 0 aliphatic rings. The van der Waals surface area contributed by atoms with Gasteiger partial charge in [-0.25, -0.2) is 0 Å². The molecule has 2 rings (SSSR count). The van der Waals surface area contributed by atoms with Gasteiger partial charge in [-0.15, -0.1) is 0 Å². The van der Waals surface area contributed by atoms with Gasteiger partial charge in [0.15, 0.2) is 0 Å². The molecule has 2 aromatic rings. The van der Waals surface area contributed by atoms with Gasteiger partial charge >= 0.3 is 12.4 Å². The maximum absolute atomic E-state index is 12.9. The van der Waals surface area contributed by atoms with Gasteiger partial charge in [-0.05, 0) is 35.4 Å². The molecule has 0 aliphatic heterocycles. The third kappa shape index (κ3) is 6.48. The summed E-state index contributed by atoms with van der Waals surface area (Å²) in [6.07, 6.45) is -10.9. The first-order valence-electron chi connectivity index (χ1n) is 8.38. The summed E-state index contributed by atoms with van der Waals surface area (Å²) < 4.78 is 78.3. The zero-order valence-corrected chi connectivity index (χ0v) is 16.7. The van der Waals surface area contributed by atoms with E-state index >= 15 is 0 Å². The number of nitrogens with two attached hydrogens (primary N) is 1. The summed E-state index contributed by atoms with van der Waals surface area (Å²) in [5.74, 6) is -1.85. The summed E-state index contributed by atoms with van der Waals surface area (Å²) in [5, 5.41) is 2.26. The van der Waals surface area contributed by atoms with E-state index in [1.807, 2.05) is 0 Å². The van der Waals surface area contributed by atoms with Crippen LogP contribution in [0.4, 0.5) is 26.3 Å². The van der Waals surface area contributed by atoms with Crippen molar-refractivity contribution in [3.05, 3.63) is 69.2 Å². The maximum atomic E-state index is 12.9. The Kier molecular flexibility index (Phi) is 7.17. The molecule has 0 spiro atoms. The Bertz CT molecular complexity index is 911. The van der Waals surface area contributed by atoms with Crippen LogP contribution in [0, 0.1) is 0 Å². The summed E-state index contributed by atoms with van der Waals surface area (Å²) >= 11 is 3.27. The van der Waals surface area contributed by atoms with Crippen molar-refractivity contribution >= 4 is 27.7 Å². The Morgan fingerprint density at radius 2 is 1.50 bits per heavy atom. The van der Waals surface area contributed by atoms with Gasteiger partial charge in [0.1, 0.15) is 6.04 Å². The smallest absolute Gasteiger partial charge is 0.368 e. The standard InChI is InChI=1S/C19H15BrF6N2O2/c20-14-4-2-1-3-11(14)8-15(17(27)30)28-16(29)7-10-5-12(18(21,22)23)9-13(6-10)19(24,25)26/h1-6,9,15H,7-8H2,(H2,27,30)(H,28,29)/t15-/m1/s1. The van der Waals surface area contributed by atoms with Gasteiger partial charge in [-0.1, -0.05) is 34.1 Å². The Labute approximate surface area is 175 Å². The van der Waals surface area contributed by atoms with Crippen LogP contribution in [-0.4, -0.2) is 17.9 Å². The predicted molar refractivity (Wildman–Crippen MR) is 99.1 cm³/mol. The molecular formula is C19H15BrF6N2O2. The van der Waals surface area contributed by atoms with E-state index in [1.54, 1.807) is 24.3 Å². The second-order valence-electron chi connectivity index (χ2n) is 6.41. The Morgan fingerprint density at radius 3 is 1.97 bits per heavy atom. The molecule has 3 N–H and O–H groups in total. The Balaban J connectivity index is 2.23. The van der Waals surface area contributed by atoms with E-state index in [1.165, 1.54) is 0 Å². The van der Waals surface area contributed by atoms with Crippen LogP contribution in [0.5, 0.6) is 0 Å². The minimum absolute atomic E-state index is 0.0150. The normalized spacial score (nSPS) is 13.0. The number of hydrogen-bond acceptors (Lipinski definition) is 2. The fourth-order valence-corrected chi connectivity index (χ4v) is 3.11. The number of nitrogens with one attached hydrogen (secondary N) is 1. The number of amides is 2. The third-order valence-electron chi connectivity index (χ3n) is 4.07. The van der Waals surface area contributed by atoms with Crippen LogP contribution in [-0.2, 0) is 34.8 Å². The molecule has 4 nitrogen and oxygen atoms in total. The van der Waals surface area contributed by atoms with E-state index in [2.05, 4.69) is 21.2 Å². The van der Waals surface area contributed by atoms with Crippen LogP contribution in [0.3, 0.4) is 0 Å². The van der Waals surface area contributed by atoms with Crippen molar-refractivity contribution in [2.75, 3.05) is 0 Å². The zero-order chi connectivity index (χ0) is 22.7. The zero-order valence-electron chi connectivity index (χ0n) is 15.1. The van der Waals surface area contributed by atoms with E-state index in [-0.39, 0.29) is 12.5 Å². The van der Waals surface area contributed by atoms with Crippen molar-refractivity contribution < 1.29 is 35.9 Å². The molecule has 0 saturated heterocycles. The summed E-state index contributed by atoms with van der Waals surface area (Å²) in [5.41, 5.74) is 2.34. The van der Waals surface area contributed by atoms with E-state index in [9.17, 15) is 35.9 Å². The number of hydrogen-bond donors (Lipinski definition) is 2. The first kappa shape index (κ1) is 23.7. The van der Waals surface area contributed by atoms with Gasteiger partial charge in [0.05, 0.1) is 17.5 Å². The average molecular weight is 497 g/mol. The number of benzene rings is 2. The highest BCUT2D eigenvalue weighted by atomic mass is 79.9. The van der Waals surface area contributed by atoms with Crippen molar-refractivity contribution in [2.45, 2.75) is 31.2 Å². The molecular weight excluding hydrogens is 482 g/mol. The highest BCUT2D eigenvalue weighted by Crippen LogP contribution is 2.36. The molecule has 2 aromatic carbocycles. The Hall–Kier alpha value is -2.56. The van der Waals surface area contributed by atoms with Gasteiger partial charge in [-0.2, -0.15) is 26.3 Å². The van der Waals surface area contributed by atoms with Crippen molar-refractivity contribution in [3.63, 3.8) is 0 Å². The van der Waals surface area contributed by atoms with Gasteiger partial charge in [-0.3, -0.25) is 9.59 Å². The SMILES string of the molecule is NC(=O)[C@@H](Cc1ccccc1Br)NC(=O)Cc1cc(C(F)(F)F)cc(C(F)(F)F)c1. The fourth-order valence-electron chi connectivity index (χ4n) is 2.66. The molecule has 0 bridgehead atoms. The van der Waals surface area contributed by atoms with Crippen molar-refractivity contribution in [1.82, 2.24) is 5.32 Å². The van der Waals surface area contributed by atoms with Crippen LogP contribution in [0.1, 0.15) is 22.3 Å². The highest BCUT2D eigenvalue weighted by molar-refractivity contribution is 9.10. The molecule has 0 unspecified atom stereocenters. The quantitative estimate of drug-likeness (QED) is 0.587. The van der Waals surface area contributed by atoms with Gasteiger partial charge in [0.25, 0.3) is 0 Å². The van der Waals surface area contributed by atoms with Crippen molar-refractivity contribution in [3.8, 4) is 0 Å². The number of carbonyl (C=O) groups excluding carboxylic acids is 2. The lowest BCUT2D eigenvalue weighted by Crippen LogP contribution is -2.46. The van der Waals surface area contributed by atoms with Crippen LogP contribution in [0.15, 0.2) is 46.9 Å². The summed E-state index contributed by atoms with van der Waals surface area (Å²) in [6.45, 7) is 0. The molecule has 0 aromatic heterocycles. The minimum atomic E-state index is -5.03. The van der Waals surface area contributed by atoms with Gasteiger partial charge < -0.3 is 11.1 Å². The maximum Gasteiger partial charge on any atom is 0.416 e. The summed E-state index contributed by atoms with van der Waals surface area (Å²) in [4.78, 5) is 23.9. The van der Waals surface area contributed by atoms with Crippen LogP contribution < -0.4 is 11.1 Å². The summed E-state index contributed by atoms with van der Waals surface area (Å²) in [6, 6.07) is 6.44.